The maximum absolute atomic E-state index is 13.2. The zero-order valence-corrected chi connectivity index (χ0v) is 24.5. The number of rotatable bonds is 2. The molecule has 4 aromatic rings. The Morgan fingerprint density at radius 1 is 0.756 bits per heavy atom. The van der Waals surface area contributed by atoms with E-state index < -0.39 is 84.1 Å². The Morgan fingerprint density at radius 3 is 2.00 bits per heavy atom. The SMILES string of the molecule is Nc1ncnc2c1ncn2[C@@H]1O[C@@H]2COP(=O)(O)O[C@H]3C(O)[C@@H](COCP(=O)(O)OC2[C@@H]1O)O[C@H]3n1cnc2c(N)ncnc21. The summed E-state index contributed by atoms with van der Waals surface area (Å²) in [6.07, 6.45) is -7.72. The summed E-state index contributed by atoms with van der Waals surface area (Å²) >= 11 is 0. The Labute approximate surface area is 251 Å². The van der Waals surface area contributed by atoms with E-state index in [4.69, 9.17) is 39.2 Å². The molecule has 3 saturated heterocycles. The van der Waals surface area contributed by atoms with Crippen LogP contribution in [0.1, 0.15) is 12.5 Å². The number of fused-ring (bicyclic) bond motifs is 5. The molecule has 0 saturated carbocycles. The van der Waals surface area contributed by atoms with Crippen LogP contribution in [0, 0.1) is 0 Å². The van der Waals surface area contributed by atoms with Crippen molar-refractivity contribution in [2.45, 2.75) is 49.1 Å². The van der Waals surface area contributed by atoms with Gasteiger partial charge in [-0.15, -0.1) is 0 Å². The van der Waals surface area contributed by atoms with E-state index in [2.05, 4.69) is 29.9 Å². The number of aromatic nitrogens is 8. The Hall–Kier alpha value is -3.24. The number of hydrogen-bond donors (Lipinski definition) is 6. The first-order valence-electron chi connectivity index (χ1n) is 13.2. The highest BCUT2D eigenvalue weighted by atomic mass is 31.2. The molecule has 7 rings (SSSR count). The number of ether oxygens (including phenoxy) is 3. The molecule has 24 heteroatoms. The van der Waals surface area contributed by atoms with Crippen molar-refractivity contribution < 1.29 is 56.9 Å². The number of imidazole rings is 2. The summed E-state index contributed by atoms with van der Waals surface area (Å²) in [6.45, 7) is -1.27. The molecule has 242 valence electrons. The second-order valence-electron chi connectivity index (χ2n) is 10.3. The van der Waals surface area contributed by atoms with Crippen molar-refractivity contribution in [2.75, 3.05) is 31.0 Å². The maximum Gasteiger partial charge on any atom is 0.472 e. The molecule has 8 N–H and O–H groups in total. The van der Waals surface area contributed by atoms with Gasteiger partial charge in [-0.3, -0.25) is 27.3 Å². The normalized spacial score (nSPS) is 38.0. The molecule has 0 spiro atoms. The Kier molecular flexibility index (Phi) is 7.59. The van der Waals surface area contributed by atoms with Crippen LogP contribution in [0.3, 0.4) is 0 Å². The number of hydrogen-bond acceptors (Lipinski definition) is 18. The van der Waals surface area contributed by atoms with Crippen molar-refractivity contribution in [1.82, 2.24) is 39.0 Å². The van der Waals surface area contributed by atoms with Crippen molar-refractivity contribution in [3.8, 4) is 0 Å². The van der Waals surface area contributed by atoms with Crippen LogP contribution in [0.25, 0.3) is 22.3 Å². The number of phosphoric acid groups is 1. The highest BCUT2D eigenvalue weighted by Gasteiger charge is 2.53. The summed E-state index contributed by atoms with van der Waals surface area (Å²) in [6, 6.07) is 0. The highest BCUT2D eigenvalue weighted by molar-refractivity contribution is 7.52. The fourth-order valence-electron chi connectivity index (χ4n) is 5.38. The van der Waals surface area contributed by atoms with Crippen LogP contribution in [-0.4, -0.2) is 115 Å². The first-order chi connectivity index (χ1) is 21.4. The van der Waals surface area contributed by atoms with E-state index in [1.165, 1.54) is 34.4 Å². The van der Waals surface area contributed by atoms with Gasteiger partial charge in [-0.2, -0.15) is 0 Å². The standard InChI is InChI=1S/C21H26N10O12P2/c22-16-10-18(26-3-24-16)30(5-28-10)20-13(33)14-9(41-20)2-39-45(36,37)43-15-12(32)8(1-38-7-44(34,35)42-14)40-21(15)31-6-29-11-17(23)25-4-27-19(11)31/h3-6,8-9,12-15,20-21,32-33H,1-2,7H2,(H,34,35)(H,36,37)(H2,22,24,26)(H2,23,25,27)/t8-,9-,12?,13+,14?,15+,20-,21-/m1/s1. The van der Waals surface area contributed by atoms with Gasteiger partial charge in [-0.1, -0.05) is 0 Å². The van der Waals surface area contributed by atoms with Gasteiger partial charge in [0.25, 0.3) is 0 Å². The van der Waals surface area contributed by atoms with Gasteiger partial charge in [0.15, 0.2) is 35.4 Å². The molecule has 0 aliphatic carbocycles. The van der Waals surface area contributed by atoms with Crippen LogP contribution >= 0.6 is 15.4 Å². The number of aliphatic hydroxyl groups excluding tert-OH is 2. The second-order valence-corrected chi connectivity index (χ2v) is 13.5. The van der Waals surface area contributed by atoms with Gasteiger partial charge in [0.2, 0.25) is 0 Å². The summed E-state index contributed by atoms with van der Waals surface area (Å²) in [4.78, 5) is 45.6. The minimum absolute atomic E-state index is 0.0501. The average molecular weight is 672 g/mol. The maximum atomic E-state index is 13.2. The van der Waals surface area contributed by atoms with E-state index in [0.29, 0.717) is 0 Å². The van der Waals surface area contributed by atoms with Gasteiger partial charge >= 0.3 is 15.4 Å². The highest BCUT2D eigenvalue weighted by Crippen LogP contribution is 2.52. The van der Waals surface area contributed by atoms with Crippen LogP contribution in [-0.2, 0) is 36.9 Å². The largest absolute Gasteiger partial charge is 0.472 e. The molecule has 3 aliphatic rings. The molecule has 4 aromatic heterocycles. The summed E-state index contributed by atoms with van der Waals surface area (Å²) in [7, 11) is -9.70. The average Bonchev–Trinajstić information content (AvgIpc) is 3.74. The molecule has 0 aromatic carbocycles. The minimum Gasteiger partial charge on any atom is -0.387 e. The second kappa shape index (κ2) is 11.2. The van der Waals surface area contributed by atoms with Crippen LogP contribution in [0.15, 0.2) is 25.3 Å². The van der Waals surface area contributed by atoms with Crippen LogP contribution in [0.5, 0.6) is 0 Å². The molecular weight excluding hydrogens is 646 g/mol. The van der Waals surface area contributed by atoms with E-state index >= 15 is 0 Å². The van der Waals surface area contributed by atoms with Gasteiger partial charge in [0, 0.05) is 0 Å². The molecule has 3 aliphatic heterocycles. The van der Waals surface area contributed by atoms with Gasteiger partial charge in [0.05, 0.1) is 25.9 Å². The van der Waals surface area contributed by atoms with Crippen LogP contribution < -0.4 is 11.5 Å². The Morgan fingerprint density at radius 2 is 1.36 bits per heavy atom. The number of nitrogens with two attached hydrogens (primary N) is 2. The first kappa shape index (κ1) is 30.4. The fourth-order valence-corrected chi connectivity index (χ4v) is 7.35. The molecule has 45 heavy (non-hydrogen) atoms. The van der Waals surface area contributed by atoms with Crippen LogP contribution in [0.4, 0.5) is 11.6 Å². The van der Waals surface area contributed by atoms with Gasteiger partial charge in [0.1, 0.15) is 66.7 Å². The number of phosphoric ester groups is 1. The predicted octanol–water partition coefficient (Wildman–Crippen LogP) is -1.59. The molecule has 22 nitrogen and oxygen atoms in total. The quantitative estimate of drug-likeness (QED) is 0.131. The van der Waals surface area contributed by atoms with Crippen molar-refractivity contribution in [1.29, 1.82) is 0 Å². The summed E-state index contributed by atoms with van der Waals surface area (Å²) < 4.78 is 62.1. The molecule has 10 atom stereocenters. The van der Waals surface area contributed by atoms with E-state index in [0.717, 1.165) is 0 Å². The smallest absolute Gasteiger partial charge is 0.387 e. The lowest BCUT2D eigenvalue weighted by molar-refractivity contribution is -0.0633. The number of anilines is 2. The van der Waals surface area contributed by atoms with Crippen molar-refractivity contribution in [3.05, 3.63) is 25.3 Å². The summed E-state index contributed by atoms with van der Waals surface area (Å²) in [5.41, 5.74) is 12.4. The topological polar surface area (TPSA) is 310 Å². The van der Waals surface area contributed by atoms with E-state index in [9.17, 15) is 29.1 Å². The zero-order chi connectivity index (χ0) is 31.7. The van der Waals surface area contributed by atoms with E-state index in [1.807, 2.05) is 0 Å². The van der Waals surface area contributed by atoms with Crippen molar-refractivity contribution in [3.63, 3.8) is 0 Å². The number of aliphatic hydroxyl groups is 2. The lowest BCUT2D eigenvalue weighted by Gasteiger charge is -2.26. The molecule has 2 bridgehead atoms. The fraction of sp³-hybridized carbons (Fsp3) is 0.524. The third-order valence-electron chi connectivity index (χ3n) is 7.42. The van der Waals surface area contributed by atoms with Gasteiger partial charge in [-0.05, 0) is 0 Å². The van der Waals surface area contributed by atoms with E-state index in [1.54, 1.807) is 0 Å². The molecule has 3 fully saturated rings. The zero-order valence-electron chi connectivity index (χ0n) is 22.7. The minimum atomic E-state index is -5.06. The molecular formula is C21H26N10O12P2. The van der Waals surface area contributed by atoms with E-state index in [-0.39, 0.29) is 34.0 Å². The monoisotopic (exact) mass is 672 g/mol. The molecule has 0 amide bonds. The Balaban J connectivity index is 1.19. The lowest BCUT2D eigenvalue weighted by atomic mass is 10.1. The molecule has 0 radical (unpaired) electrons. The summed E-state index contributed by atoms with van der Waals surface area (Å²) in [5.74, 6) is 0.104. The van der Waals surface area contributed by atoms with Crippen molar-refractivity contribution >= 4 is 49.4 Å². The van der Waals surface area contributed by atoms with Crippen LogP contribution in [0.2, 0.25) is 0 Å². The van der Waals surface area contributed by atoms with Gasteiger partial charge < -0.3 is 45.7 Å². The predicted molar refractivity (Wildman–Crippen MR) is 145 cm³/mol. The number of nitrogens with zero attached hydrogens (tertiary/aromatic N) is 8. The number of nitrogen functional groups attached to an aromatic ring is 2. The Bertz CT molecular complexity index is 1840. The van der Waals surface area contributed by atoms with Crippen molar-refractivity contribution in [2.24, 2.45) is 0 Å². The van der Waals surface area contributed by atoms with Gasteiger partial charge in [-0.25, -0.2) is 34.5 Å². The summed E-state index contributed by atoms with van der Waals surface area (Å²) in [5, 5.41) is 22.2. The third kappa shape index (κ3) is 5.47. The molecule has 4 unspecified atom stereocenters. The lowest BCUT2D eigenvalue weighted by Crippen LogP contribution is -2.38. The molecule has 7 heterocycles. The third-order valence-corrected chi connectivity index (χ3v) is 9.49. The first-order valence-corrected chi connectivity index (χ1v) is 16.4.